The monoisotopic (exact) mass is 823 g/mol. The summed E-state index contributed by atoms with van der Waals surface area (Å²) in [6, 6.07) is 17.9. The Hall–Kier alpha value is -2.61. The van der Waals surface area contributed by atoms with E-state index < -0.39 is 25.6 Å². The van der Waals surface area contributed by atoms with E-state index in [1.807, 2.05) is 13.8 Å². The largest absolute Gasteiger partial charge is 0.502 e. The van der Waals surface area contributed by atoms with Gasteiger partial charge in [-0.15, -0.1) is 0 Å². The third-order valence-corrected chi connectivity index (χ3v) is 10.1. The molecule has 1 aliphatic rings. The molecule has 1 heterocycles. The van der Waals surface area contributed by atoms with Crippen molar-refractivity contribution >= 4 is 47.0 Å². The number of carbonyl (C=O) groups excluding carboxylic acids is 1. The molecule has 0 radical (unpaired) electrons. The van der Waals surface area contributed by atoms with E-state index in [-0.39, 0.29) is 11.8 Å². The third-order valence-electron chi connectivity index (χ3n) is 8.25. The summed E-state index contributed by atoms with van der Waals surface area (Å²) in [6.07, 6.45) is -4.94. The number of hydrogen-bond acceptors (Lipinski definition) is 3. The van der Waals surface area contributed by atoms with Gasteiger partial charge in [0.25, 0.3) is 0 Å². The van der Waals surface area contributed by atoms with E-state index in [1.54, 1.807) is 9.93 Å². The fourth-order valence-corrected chi connectivity index (χ4v) is 7.71. The molecule has 0 unspecified atom stereocenters. The number of hydrogen-bond donors (Lipinski definition) is 1. The number of para-hydroxylation sites is 2. The van der Waals surface area contributed by atoms with Crippen molar-refractivity contribution in [2.24, 2.45) is 0 Å². The minimum Gasteiger partial charge on any atom is -0.502 e. The fourth-order valence-electron chi connectivity index (χ4n) is 5.92. The third kappa shape index (κ3) is 11.2. The fraction of sp³-hybridized carbons (Fsp3) is 0.462. The molecule has 3 aromatic carbocycles. The molecule has 5 nitrogen and oxygen atoms in total. The molecule has 0 bridgehead atoms. The number of alkyl halides is 3. The van der Waals surface area contributed by atoms with Gasteiger partial charge >= 0.3 is 133 Å². The van der Waals surface area contributed by atoms with Gasteiger partial charge in [0.15, 0.2) is 0 Å². The average molecular weight is 824 g/mol. The standard InChI is InChI=1S/C27H39N2.C12H12F3NO2.2ClH.Ru/c1-18(2)22-11-9-12-23(19(3)4)26(22)28-15-16-29(17-28)27-24(20(5)6)13-10-14-25(27)21(7)8;1-7(2)18-10-5-4-9(6-8(10)3)16-11(17)12(13,14)15;;;/h9-14,17-21H,15-16H2,1-8H3;3-7H,1-2H3,(H,16,17);2*1H;/q-1;;;;+2/p-1. The number of anilines is 3. The predicted molar refractivity (Wildman–Crippen MR) is 203 cm³/mol. The second kappa shape index (κ2) is 18.2. The van der Waals surface area contributed by atoms with Crippen LogP contribution in [-0.4, -0.2) is 40.6 Å². The van der Waals surface area contributed by atoms with Crippen LogP contribution >= 0.6 is 19.4 Å². The zero-order valence-corrected chi connectivity index (χ0v) is 33.9. The van der Waals surface area contributed by atoms with Crippen LogP contribution in [0.25, 0.3) is 0 Å². The molecule has 1 fully saturated rings. The molecule has 0 aliphatic carbocycles. The van der Waals surface area contributed by atoms with Crippen molar-refractivity contribution in [1.29, 1.82) is 0 Å². The SMILES string of the molecule is CC(C)[OH+]c1ccc(NC(=O)C(F)(F)F)cc1[CH]=[Ru]([Cl])[Cl].CC(C)c1cccc(C(C)C)c1N1[CH-]N(c2c(C(C)C)cccc2C(C)C)CC1. The van der Waals surface area contributed by atoms with Crippen molar-refractivity contribution < 1.29 is 36.2 Å². The van der Waals surface area contributed by atoms with E-state index in [1.165, 1.54) is 51.8 Å². The second-order valence-electron chi connectivity index (χ2n) is 13.9. The minimum absolute atomic E-state index is 0.000864. The van der Waals surface area contributed by atoms with Crippen LogP contribution in [0.3, 0.4) is 0 Å². The van der Waals surface area contributed by atoms with Crippen LogP contribution in [-0.2, 0) is 18.3 Å². The summed E-state index contributed by atoms with van der Waals surface area (Å²) in [5.74, 6) is 0.587. The Labute approximate surface area is 310 Å². The number of aliphatic hydroxyl groups is 1. The van der Waals surface area contributed by atoms with Gasteiger partial charge in [0.2, 0.25) is 0 Å². The predicted octanol–water partition coefficient (Wildman–Crippen LogP) is 11.5. The van der Waals surface area contributed by atoms with Crippen LogP contribution in [0.2, 0.25) is 0 Å². The van der Waals surface area contributed by atoms with Gasteiger partial charge in [-0.2, -0.15) is 6.67 Å². The Morgan fingerprint density at radius 1 is 0.780 bits per heavy atom. The van der Waals surface area contributed by atoms with Crippen molar-refractivity contribution in [1.82, 2.24) is 0 Å². The topological polar surface area (TPSA) is 48.4 Å². The summed E-state index contributed by atoms with van der Waals surface area (Å²) in [6.45, 7) is 26.6. The number of nitrogens with zero attached hydrogens (tertiary/aromatic N) is 2. The molecule has 1 saturated heterocycles. The van der Waals surface area contributed by atoms with E-state index in [0.29, 0.717) is 35.0 Å². The summed E-state index contributed by atoms with van der Waals surface area (Å²) in [7, 11) is 11.6. The van der Waals surface area contributed by atoms with E-state index in [0.717, 1.165) is 13.1 Å². The van der Waals surface area contributed by atoms with E-state index >= 15 is 0 Å². The Bertz CT molecular complexity index is 1520. The Balaban J connectivity index is 0.000000286. The smallest absolute Gasteiger partial charge is 0.0156 e. The molecular weight excluding hydrogens is 771 g/mol. The Kier molecular flexibility index (Phi) is 15.3. The molecule has 0 saturated carbocycles. The number of ether oxygens (including phenoxy) is 1. The first-order valence-electron chi connectivity index (χ1n) is 17.0. The summed E-state index contributed by atoms with van der Waals surface area (Å²) in [4.78, 5) is 15.9. The van der Waals surface area contributed by atoms with Crippen molar-refractivity contribution in [3.8, 4) is 5.75 Å². The van der Waals surface area contributed by atoms with Crippen LogP contribution in [0, 0.1) is 6.67 Å². The van der Waals surface area contributed by atoms with Crippen molar-refractivity contribution in [2.75, 3.05) is 28.2 Å². The van der Waals surface area contributed by atoms with Gasteiger partial charge in [-0.25, -0.2) is 0 Å². The van der Waals surface area contributed by atoms with Gasteiger partial charge in [-0.05, 0) is 45.9 Å². The normalized spacial score (nSPS) is 13.7. The maximum atomic E-state index is 12.2. The summed E-state index contributed by atoms with van der Waals surface area (Å²) >= 11 is -2.18. The number of amides is 1. The molecule has 1 amide bonds. The molecule has 0 aromatic heterocycles. The molecule has 50 heavy (non-hydrogen) atoms. The van der Waals surface area contributed by atoms with Crippen molar-refractivity contribution in [3.05, 3.63) is 89.1 Å². The number of halogens is 5. The molecule has 4 rings (SSSR count). The molecule has 1 aliphatic heterocycles. The first-order valence-corrected chi connectivity index (χ1v) is 22.5. The number of nitrogens with one attached hydrogen (secondary N) is 1. The molecule has 0 atom stereocenters. The maximum absolute atomic E-state index is 12.2. The van der Waals surface area contributed by atoms with Crippen LogP contribution in [0.4, 0.5) is 30.2 Å². The molecule has 11 heteroatoms. The van der Waals surface area contributed by atoms with Crippen LogP contribution in [0.1, 0.15) is 121 Å². The van der Waals surface area contributed by atoms with Gasteiger partial charge in [-0.1, -0.05) is 91.8 Å². The second-order valence-corrected chi connectivity index (χ2v) is 19.7. The van der Waals surface area contributed by atoms with E-state index in [9.17, 15) is 18.0 Å². The zero-order chi connectivity index (χ0) is 37.5. The Morgan fingerprint density at radius 3 is 1.54 bits per heavy atom. The van der Waals surface area contributed by atoms with Crippen LogP contribution in [0.15, 0.2) is 54.6 Å². The van der Waals surface area contributed by atoms with Crippen molar-refractivity contribution in [2.45, 2.75) is 105 Å². The van der Waals surface area contributed by atoms with Crippen LogP contribution in [0.5, 0.6) is 5.75 Å². The molecular formula is C39H52Cl2F3N3O2Ru. The summed E-state index contributed by atoms with van der Waals surface area (Å²) in [5, 5.41) is 1.78. The van der Waals surface area contributed by atoms with Gasteiger partial charge in [0, 0.05) is 24.5 Å². The molecule has 3 aromatic rings. The quantitative estimate of drug-likeness (QED) is 0.0959. The number of rotatable bonds is 10. The van der Waals surface area contributed by atoms with E-state index in [4.69, 9.17) is 19.4 Å². The Morgan fingerprint density at radius 2 is 1.20 bits per heavy atom. The number of aromatic hydroxyl groups is 1. The van der Waals surface area contributed by atoms with Crippen molar-refractivity contribution in [3.63, 3.8) is 0 Å². The zero-order valence-electron chi connectivity index (χ0n) is 30.6. The van der Waals surface area contributed by atoms with Gasteiger partial charge in [0.1, 0.15) is 0 Å². The first kappa shape index (κ1) is 41.8. The van der Waals surface area contributed by atoms with Gasteiger partial charge in [0.05, 0.1) is 0 Å². The van der Waals surface area contributed by atoms with E-state index in [2.05, 4.69) is 113 Å². The first-order chi connectivity index (χ1) is 23.3. The molecule has 278 valence electrons. The van der Waals surface area contributed by atoms with Gasteiger partial charge < -0.3 is 9.80 Å². The summed E-state index contributed by atoms with van der Waals surface area (Å²) < 4.78 is 42.6. The minimum atomic E-state index is -4.94. The molecule has 0 spiro atoms. The molecule has 2 N–H and O–H groups in total. The summed E-state index contributed by atoms with van der Waals surface area (Å²) in [5.41, 5.74) is 9.18. The number of benzene rings is 3. The van der Waals surface area contributed by atoms with Gasteiger partial charge in [-0.3, -0.25) is 0 Å². The average Bonchev–Trinajstić information content (AvgIpc) is 3.50. The maximum Gasteiger partial charge on any atom is 0.0156 e. The number of carbonyl (C=O) groups is 1. The van der Waals surface area contributed by atoms with Crippen LogP contribution < -0.4 is 15.1 Å².